The zero-order valence-corrected chi connectivity index (χ0v) is 13.1. The molecule has 1 saturated heterocycles. The fraction of sp³-hybridized carbons (Fsp3) is 0.667. The molecule has 0 radical (unpaired) electrons. The molecular formula is C15H25NS2. The second-order valence-corrected chi connectivity index (χ2v) is 6.61. The zero-order valence-electron chi connectivity index (χ0n) is 11.4. The Balaban J connectivity index is 2.40. The van der Waals surface area contributed by atoms with Crippen LogP contribution in [0.1, 0.15) is 45.4 Å². The first-order valence-electron chi connectivity index (χ1n) is 7.02. The van der Waals surface area contributed by atoms with E-state index in [1.165, 1.54) is 38.5 Å². The van der Waals surface area contributed by atoms with Gasteiger partial charge in [0.1, 0.15) is 4.32 Å². The summed E-state index contributed by atoms with van der Waals surface area (Å²) in [6, 6.07) is 0. The highest BCUT2D eigenvalue weighted by Crippen LogP contribution is 2.25. The molecule has 1 aliphatic heterocycles. The van der Waals surface area contributed by atoms with Gasteiger partial charge in [-0.2, -0.15) is 0 Å². The number of likely N-dealkylation sites (tertiary alicyclic amines) is 1. The zero-order chi connectivity index (χ0) is 13.2. The molecular weight excluding hydrogens is 258 g/mol. The maximum Gasteiger partial charge on any atom is 0.136 e. The van der Waals surface area contributed by atoms with Gasteiger partial charge in [0.25, 0.3) is 0 Å². The SMILES string of the molecule is C=C/C=C/C(CCCCC)SC(=S)N1CCCC1. The van der Waals surface area contributed by atoms with E-state index in [9.17, 15) is 0 Å². The number of thiocarbonyl (C=S) groups is 1. The van der Waals surface area contributed by atoms with Crippen molar-refractivity contribution in [2.24, 2.45) is 0 Å². The summed E-state index contributed by atoms with van der Waals surface area (Å²) in [5.74, 6) is 0. The molecule has 0 spiro atoms. The minimum atomic E-state index is 0.516. The number of rotatable bonds is 7. The minimum Gasteiger partial charge on any atom is -0.358 e. The van der Waals surface area contributed by atoms with Crippen LogP contribution in [0.5, 0.6) is 0 Å². The first-order chi connectivity index (χ1) is 8.77. The van der Waals surface area contributed by atoms with Gasteiger partial charge in [-0.1, -0.05) is 75.0 Å². The van der Waals surface area contributed by atoms with Crippen LogP contribution in [0.4, 0.5) is 0 Å². The Bertz CT molecular complexity index is 280. The molecule has 0 N–H and O–H groups in total. The van der Waals surface area contributed by atoms with Gasteiger partial charge in [0.05, 0.1) is 0 Å². The van der Waals surface area contributed by atoms with Gasteiger partial charge in [-0.25, -0.2) is 0 Å². The summed E-state index contributed by atoms with van der Waals surface area (Å²) in [6.45, 7) is 8.30. The van der Waals surface area contributed by atoms with Gasteiger partial charge in [-0.05, 0) is 19.3 Å². The van der Waals surface area contributed by atoms with E-state index >= 15 is 0 Å². The monoisotopic (exact) mass is 283 g/mol. The summed E-state index contributed by atoms with van der Waals surface area (Å²) in [6.07, 6.45) is 13.8. The molecule has 0 aliphatic carbocycles. The molecule has 0 aromatic heterocycles. The van der Waals surface area contributed by atoms with Crippen molar-refractivity contribution >= 4 is 28.3 Å². The van der Waals surface area contributed by atoms with Gasteiger partial charge >= 0.3 is 0 Å². The third kappa shape index (κ3) is 6.05. The van der Waals surface area contributed by atoms with Crippen molar-refractivity contribution in [3.8, 4) is 0 Å². The quantitative estimate of drug-likeness (QED) is 0.376. The van der Waals surface area contributed by atoms with E-state index in [1.54, 1.807) is 0 Å². The van der Waals surface area contributed by atoms with Crippen molar-refractivity contribution in [3.05, 3.63) is 24.8 Å². The average Bonchev–Trinajstić information content (AvgIpc) is 2.89. The molecule has 1 heterocycles. The molecule has 0 saturated carbocycles. The minimum absolute atomic E-state index is 0.516. The number of thioether (sulfide) groups is 1. The van der Waals surface area contributed by atoms with Crippen LogP contribution in [0.2, 0.25) is 0 Å². The Kier molecular flexibility index (Phi) is 8.44. The van der Waals surface area contributed by atoms with Crippen LogP contribution in [-0.4, -0.2) is 27.6 Å². The molecule has 1 rings (SSSR count). The molecule has 1 fully saturated rings. The molecule has 0 bridgehead atoms. The number of hydrogen-bond acceptors (Lipinski definition) is 2. The molecule has 18 heavy (non-hydrogen) atoms. The lowest BCUT2D eigenvalue weighted by molar-refractivity contribution is 0.538. The molecule has 1 atom stereocenters. The summed E-state index contributed by atoms with van der Waals surface area (Å²) < 4.78 is 1.09. The molecule has 1 unspecified atom stereocenters. The summed E-state index contributed by atoms with van der Waals surface area (Å²) in [5, 5.41) is 0.516. The van der Waals surface area contributed by atoms with Crippen LogP contribution in [0.25, 0.3) is 0 Å². The average molecular weight is 284 g/mol. The summed E-state index contributed by atoms with van der Waals surface area (Å²) in [5.41, 5.74) is 0. The Morgan fingerprint density at radius 2 is 2.11 bits per heavy atom. The van der Waals surface area contributed by atoms with E-state index in [0.717, 1.165) is 17.4 Å². The number of unbranched alkanes of at least 4 members (excludes halogenated alkanes) is 2. The molecule has 1 nitrogen and oxygen atoms in total. The predicted molar refractivity (Wildman–Crippen MR) is 88.3 cm³/mol. The van der Waals surface area contributed by atoms with Crippen LogP contribution in [0.15, 0.2) is 24.8 Å². The fourth-order valence-corrected chi connectivity index (χ4v) is 3.69. The maximum atomic E-state index is 5.55. The van der Waals surface area contributed by atoms with Crippen LogP contribution in [-0.2, 0) is 0 Å². The molecule has 0 aromatic carbocycles. The first-order valence-corrected chi connectivity index (χ1v) is 8.31. The van der Waals surface area contributed by atoms with E-state index in [4.69, 9.17) is 12.2 Å². The van der Waals surface area contributed by atoms with E-state index in [0.29, 0.717) is 5.25 Å². The van der Waals surface area contributed by atoms with Crippen molar-refractivity contribution in [1.82, 2.24) is 4.90 Å². The van der Waals surface area contributed by atoms with Gasteiger partial charge < -0.3 is 4.90 Å². The van der Waals surface area contributed by atoms with Crippen LogP contribution >= 0.6 is 24.0 Å². The Hall–Kier alpha value is -0.280. The normalized spacial score (nSPS) is 17.3. The summed E-state index contributed by atoms with van der Waals surface area (Å²) in [7, 11) is 0. The van der Waals surface area contributed by atoms with Crippen molar-refractivity contribution in [2.45, 2.75) is 50.7 Å². The Morgan fingerprint density at radius 1 is 1.39 bits per heavy atom. The fourth-order valence-electron chi connectivity index (χ4n) is 2.10. The number of allylic oxidation sites excluding steroid dienone is 2. The third-order valence-electron chi connectivity index (χ3n) is 3.17. The lowest BCUT2D eigenvalue weighted by atomic mass is 10.1. The van der Waals surface area contributed by atoms with Crippen molar-refractivity contribution in [2.75, 3.05) is 13.1 Å². The topological polar surface area (TPSA) is 3.24 Å². The molecule has 102 valence electrons. The van der Waals surface area contributed by atoms with Gasteiger partial charge in [-0.3, -0.25) is 0 Å². The largest absolute Gasteiger partial charge is 0.358 e. The number of hydrogen-bond donors (Lipinski definition) is 0. The highest BCUT2D eigenvalue weighted by Gasteiger charge is 2.17. The Morgan fingerprint density at radius 3 is 2.72 bits per heavy atom. The predicted octanol–water partition coefficient (Wildman–Crippen LogP) is 4.79. The van der Waals surface area contributed by atoms with Crippen LogP contribution in [0, 0.1) is 0 Å². The highest BCUT2D eigenvalue weighted by atomic mass is 32.2. The smallest absolute Gasteiger partial charge is 0.136 e. The van der Waals surface area contributed by atoms with Crippen molar-refractivity contribution in [3.63, 3.8) is 0 Å². The van der Waals surface area contributed by atoms with Gasteiger partial charge in [0, 0.05) is 18.3 Å². The van der Waals surface area contributed by atoms with E-state index in [-0.39, 0.29) is 0 Å². The summed E-state index contributed by atoms with van der Waals surface area (Å²) in [4.78, 5) is 2.36. The van der Waals surface area contributed by atoms with E-state index in [2.05, 4.69) is 30.6 Å². The van der Waals surface area contributed by atoms with Gasteiger partial charge in [0.15, 0.2) is 0 Å². The van der Waals surface area contributed by atoms with Crippen LogP contribution < -0.4 is 0 Å². The second-order valence-electron chi connectivity index (χ2n) is 4.73. The van der Waals surface area contributed by atoms with Crippen molar-refractivity contribution in [1.29, 1.82) is 0 Å². The lowest BCUT2D eigenvalue weighted by Gasteiger charge is -2.21. The van der Waals surface area contributed by atoms with E-state index < -0.39 is 0 Å². The van der Waals surface area contributed by atoms with Gasteiger partial charge in [0.2, 0.25) is 0 Å². The second kappa shape index (κ2) is 9.62. The van der Waals surface area contributed by atoms with Gasteiger partial charge in [-0.15, -0.1) is 0 Å². The summed E-state index contributed by atoms with van der Waals surface area (Å²) >= 11 is 7.40. The van der Waals surface area contributed by atoms with Crippen molar-refractivity contribution < 1.29 is 0 Å². The third-order valence-corrected chi connectivity index (χ3v) is 4.87. The highest BCUT2D eigenvalue weighted by molar-refractivity contribution is 8.23. The first kappa shape index (κ1) is 15.8. The molecule has 1 aliphatic rings. The lowest BCUT2D eigenvalue weighted by Crippen LogP contribution is -2.25. The molecule has 3 heteroatoms. The Labute approximate surface area is 122 Å². The number of nitrogens with zero attached hydrogens (tertiary/aromatic N) is 1. The standard InChI is InChI=1S/C15H25NS2/c1-3-5-7-11-14(10-6-4-2)18-15(17)16-12-8-9-13-16/h4,6,10,14H,2-3,5,7-9,11-13H2,1H3/b10-6+. The molecule has 0 aromatic rings. The molecule has 0 amide bonds. The van der Waals surface area contributed by atoms with E-state index in [1.807, 2.05) is 17.8 Å². The van der Waals surface area contributed by atoms with Crippen LogP contribution in [0.3, 0.4) is 0 Å². The maximum absolute atomic E-state index is 5.55.